The van der Waals surface area contributed by atoms with Crippen LogP contribution >= 0.6 is 0 Å². The van der Waals surface area contributed by atoms with E-state index in [1.807, 2.05) is 67.6 Å². The monoisotopic (exact) mass is 316 g/mol. The molecule has 0 aliphatic carbocycles. The van der Waals surface area contributed by atoms with Gasteiger partial charge >= 0.3 is 0 Å². The lowest BCUT2D eigenvalue weighted by atomic mass is 10.0. The van der Waals surface area contributed by atoms with Crippen molar-refractivity contribution in [2.75, 3.05) is 11.6 Å². The minimum atomic E-state index is -0.113. The van der Waals surface area contributed by atoms with Gasteiger partial charge in [0, 0.05) is 5.56 Å². The fourth-order valence-corrected chi connectivity index (χ4v) is 2.83. The maximum atomic E-state index is 12.7. The molecule has 0 spiro atoms. The van der Waals surface area contributed by atoms with Crippen LogP contribution < -0.4 is 9.75 Å². The Morgan fingerprint density at radius 2 is 1.83 bits per heavy atom. The first-order valence-corrected chi connectivity index (χ1v) is 7.81. The number of rotatable bonds is 2. The molecular formula is C20H16N2O2. The molecule has 0 bridgehead atoms. The number of carbonyl (C=O) groups is 1. The molecule has 4 nitrogen and oxygen atoms in total. The molecule has 0 unspecified atom stereocenters. The Balaban J connectivity index is 1.66. The number of hydrogen-bond donors (Lipinski definition) is 0. The Hall–Kier alpha value is -3.14. The standard InChI is InChI=1S/C20H16N2O2/c1-14-18(20(23)22(21-14)17-8-3-2-4-9-17)12-15-11-16-7-5-6-10-19(16)24-13-15/h2-12H,13H2,1H3. The zero-order chi connectivity index (χ0) is 16.5. The molecule has 2 aromatic rings. The second-order valence-corrected chi connectivity index (χ2v) is 5.74. The van der Waals surface area contributed by atoms with Crippen LogP contribution in [0.3, 0.4) is 0 Å². The molecule has 0 fully saturated rings. The molecule has 0 saturated heterocycles. The van der Waals surface area contributed by atoms with E-state index in [0.29, 0.717) is 17.9 Å². The van der Waals surface area contributed by atoms with E-state index >= 15 is 0 Å². The fraction of sp³-hybridized carbons (Fsp3) is 0.100. The molecule has 2 heterocycles. The Morgan fingerprint density at radius 1 is 1.08 bits per heavy atom. The van der Waals surface area contributed by atoms with Gasteiger partial charge in [0.1, 0.15) is 12.4 Å². The van der Waals surface area contributed by atoms with Crippen molar-refractivity contribution in [3.05, 3.63) is 77.4 Å². The van der Waals surface area contributed by atoms with E-state index in [1.54, 1.807) is 0 Å². The van der Waals surface area contributed by atoms with Crippen LogP contribution in [0, 0.1) is 0 Å². The lowest BCUT2D eigenvalue weighted by Crippen LogP contribution is -2.21. The van der Waals surface area contributed by atoms with Crippen molar-refractivity contribution in [2.45, 2.75) is 6.92 Å². The molecule has 1 amide bonds. The van der Waals surface area contributed by atoms with Gasteiger partial charge in [-0.15, -0.1) is 0 Å². The average molecular weight is 316 g/mol. The average Bonchev–Trinajstić information content (AvgIpc) is 2.90. The molecule has 118 valence electrons. The van der Waals surface area contributed by atoms with Crippen LogP contribution in [0.4, 0.5) is 5.69 Å². The van der Waals surface area contributed by atoms with Gasteiger partial charge in [-0.05, 0) is 42.8 Å². The normalized spacial score (nSPS) is 18.1. The maximum Gasteiger partial charge on any atom is 0.280 e. The third-order valence-electron chi connectivity index (χ3n) is 4.05. The molecular weight excluding hydrogens is 300 g/mol. The van der Waals surface area contributed by atoms with Gasteiger partial charge in [-0.1, -0.05) is 36.4 Å². The Morgan fingerprint density at radius 3 is 2.67 bits per heavy atom. The number of nitrogens with zero attached hydrogens (tertiary/aromatic N) is 2. The number of carbonyl (C=O) groups excluding carboxylic acids is 1. The molecule has 0 atom stereocenters. The van der Waals surface area contributed by atoms with Crippen molar-refractivity contribution < 1.29 is 9.53 Å². The summed E-state index contributed by atoms with van der Waals surface area (Å²) in [5.74, 6) is 0.757. The van der Waals surface area contributed by atoms with E-state index in [0.717, 1.165) is 22.6 Å². The van der Waals surface area contributed by atoms with E-state index in [9.17, 15) is 4.79 Å². The highest BCUT2D eigenvalue weighted by Crippen LogP contribution is 2.28. The first-order valence-electron chi connectivity index (χ1n) is 7.81. The van der Waals surface area contributed by atoms with Crippen LogP contribution in [0.25, 0.3) is 6.08 Å². The smallest absolute Gasteiger partial charge is 0.280 e. The number of para-hydroxylation sites is 2. The summed E-state index contributed by atoms with van der Waals surface area (Å²) in [6, 6.07) is 17.3. The zero-order valence-electron chi connectivity index (χ0n) is 13.3. The summed E-state index contributed by atoms with van der Waals surface area (Å²) in [5, 5.41) is 5.84. The second kappa shape index (κ2) is 5.81. The number of benzene rings is 2. The van der Waals surface area contributed by atoms with Gasteiger partial charge in [0.05, 0.1) is 17.0 Å². The number of ether oxygens (including phenoxy) is 1. The van der Waals surface area contributed by atoms with Crippen molar-refractivity contribution in [3.63, 3.8) is 0 Å². The van der Waals surface area contributed by atoms with Crippen LogP contribution in [0.2, 0.25) is 0 Å². The first-order chi connectivity index (χ1) is 11.7. The van der Waals surface area contributed by atoms with Gasteiger partial charge < -0.3 is 4.74 Å². The summed E-state index contributed by atoms with van der Waals surface area (Å²) in [4.78, 5) is 12.7. The number of amides is 1. The predicted octanol–water partition coefficient (Wildman–Crippen LogP) is 3.81. The lowest BCUT2D eigenvalue weighted by molar-refractivity contribution is -0.114. The van der Waals surface area contributed by atoms with E-state index in [2.05, 4.69) is 11.2 Å². The van der Waals surface area contributed by atoms with Gasteiger partial charge in [0.2, 0.25) is 0 Å². The molecule has 0 saturated carbocycles. The maximum absolute atomic E-state index is 12.7. The zero-order valence-corrected chi connectivity index (χ0v) is 13.3. The molecule has 2 aromatic carbocycles. The molecule has 0 aromatic heterocycles. The minimum absolute atomic E-state index is 0.113. The topological polar surface area (TPSA) is 41.9 Å². The van der Waals surface area contributed by atoms with Crippen molar-refractivity contribution in [3.8, 4) is 5.75 Å². The van der Waals surface area contributed by atoms with Gasteiger partial charge in [-0.25, -0.2) is 0 Å². The van der Waals surface area contributed by atoms with Crippen LogP contribution in [-0.4, -0.2) is 18.2 Å². The molecule has 0 N–H and O–H groups in total. The van der Waals surface area contributed by atoms with E-state index in [1.165, 1.54) is 5.01 Å². The highest BCUT2D eigenvalue weighted by molar-refractivity contribution is 6.30. The Kier molecular flexibility index (Phi) is 3.50. The molecule has 2 aliphatic rings. The van der Waals surface area contributed by atoms with Crippen LogP contribution in [0.1, 0.15) is 12.5 Å². The van der Waals surface area contributed by atoms with Crippen LogP contribution in [0.5, 0.6) is 5.75 Å². The number of fused-ring (bicyclic) bond motifs is 1. The summed E-state index contributed by atoms with van der Waals surface area (Å²) in [7, 11) is 0. The largest absolute Gasteiger partial charge is 0.488 e. The SMILES string of the molecule is CC1=NN(c2ccccc2)C(=O)C1=CC1=Cc2ccccc2OC1. The molecule has 4 heteroatoms. The summed E-state index contributed by atoms with van der Waals surface area (Å²) < 4.78 is 5.75. The van der Waals surface area contributed by atoms with Crippen molar-refractivity contribution in [1.29, 1.82) is 0 Å². The third kappa shape index (κ3) is 2.52. The summed E-state index contributed by atoms with van der Waals surface area (Å²) in [6.45, 7) is 2.30. The fourth-order valence-electron chi connectivity index (χ4n) is 2.83. The van der Waals surface area contributed by atoms with Crippen molar-refractivity contribution in [1.82, 2.24) is 0 Å². The second-order valence-electron chi connectivity index (χ2n) is 5.74. The molecule has 4 rings (SSSR count). The number of hydrogen-bond acceptors (Lipinski definition) is 3. The summed E-state index contributed by atoms with van der Waals surface area (Å²) >= 11 is 0. The molecule has 24 heavy (non-hydrogen) atoms. The van der Waals surface area contributed by atoms with E-state index < -0.39 is 0 Å². The number of hydrazone groups is 1. The molecule has 2 aliphatic heterocycles. The lowest BCUT2D eigenvalue weighted by Gasteiger charge is -2.16. The van der Waals surface area contributed by atoms with E-state index in [-0.39, 0.29) is 5.91 Å². The third-order valence-corrected chi connectivity index (χ3v) is 4.05. The van der Waals surface area contributed by atoms with Gasteiger partial charge in [-0.2, -0.15) is 10.1 Å². The summed E-state index contributed by atoms with van der Waals surface area (Å²) in [6.07, 6.45) is 3.93. The van der Waals surface area contributed by atoms with Gasteiger partial charge in [0.15, 0.2) is 0 Å². The van der Waals surface area contributed by atoms with Crippen molar-refractivity contribution >= 4 is 23.4 Å². The first kappa shape index (κ1) is 14.5. The van der Waals surface area contributed by atoms with Crippen LogP contribution in [0.15, 0.2) is 76.9 Å². The quantitative estimate of drug-likeness (QED) is 0.791. The highest BCUT2D eigenvalue weighted by atomic mass is 16.5. The van der Waals surface area contributed by atoms with Crippen LogP contribution in [-0.2, 0) is 4.79 Å². The highest BCUT2D eigenvalue weighted by Gasteiger charge is 2.29. The van der Waals surface area contributed by atoms with E-state index in [4.69, 9.17) is 4.74 Å². The Labute approximate surface area is 140 Å². The minimum Gasteiger partial charge on any atom is -0.488 e. The van der Waals surface area contributed by atoms with Crippen molar-refractivity contribution in [2.24, 2.45) is 5.10 Å². The number of anilines is 1. The van der Waals surface area contributed by atoms with Gasteiger partial charge in [-0.3, -0.25) is 4.79 Å². The Bertz CT molecular complexity index is 895. The predicted molar refractivity (Wildman–Crippen MR) is 95.0 cm³/mol. The summed E-state index contributed by atoms with van der Waals surface area (Å²) in [5.41, 5.74) is 4.07. The van der Waals surface area contributed by atoms with Gasteiger partial charge in [0.25, 0.3) is 5.91 Å². The molecule has 0 radical (unpaired) electrons.